The van der Waals surface area contributed by atoms with Gasteiger partial charge in [-0.25, -0.2) is 4.79 Å². The van der Waals surface area contributed by atoms with Crippen LogP contribution in [0.5, 0.6) is 0 Å². The van der Waals surface area contributed by atoms with E-state index in [2.05, 4.69) is 43.7 Å². The molecule has 0 bridgehead atoms. The fraction of sp³-hybridized carbons (Fsp3) is 0.467. The number of hydrogen-bond acceptors (Lipinski definition) is 4. The van der Waals surface area contributed by atoms with Gasteiger partial charge >= 0.3 is 5.97 Å². The molecule has 6 nitrogen and oxygen atoms in total. The number of hydrogen-bond donors (Lipinski definition) is 1. The molecule has 3 aromatic rings. The molecule has 2 aromatic carbocycles. The highest BCUT2D eigenvalue weighted by Gasteiger charge is 2.37. The van der Waals surface area contributed by atoms with Crippen LogP contribution in [0.2, 0.25) is 23.2 Å². The summed E-state index contributed by atoms with van der Waals surface area (Å²) in [5, 5.41) is 4.70. The van der Waals surface area contributed by atoms with E-state index in [0.717, 1.165) is 53.5 Å². The Morgan fingerprint density at radius 1 is 1.08 bits per heavy atom. The molecule has 1 heterocycles. The molecule has 4 rings (SSSR count). The lowest BCUT2D eigenvalue weighted by Gasteiger charge is -2.36. The van der Waals surface area contributed by atoms with Gasteiger partial charge in [0, 0.05) is 23.5 Å². The number of ether oxygens (including phenoxy) is 1. The van der Waals surface area contributed by atoms with Gasteiger partial charge in [-0.05, 0) is 66.9 Å². The first-order chi connectivity index (χ1) is 17.9. The maximum atomic E-state index is 12.8. The van der Waals surface area contributed by atoms with Crippen LogP contribution in [0.3, 0.4) is 0 Å². The number of esters is 1. The molecule has 1 fully saturated rings. The summed E-state index contributed by atoms with van der Waals surface area (Å²) in [6.07, 6.45) is 4.14. The van der Waals surface area contributed by atoms with Crippen LogP contribution in [-0.4, -0.2) is 31.9 Å². The minimum absolute atomic E-state index is 0.0672. The third-order valence-electron chi connectivity index (χ3n) is 8.19. The van der Waals surface area contributed by atoms with E-state index < -0.39 is 8.32 Å². The number of amides is 1. The molecule has 0 aliphatic heterocycles. The summed E-state index contributed by atoms with van der Waals surface area (Å²) in [6.45, 7) is 12.1. The molecule has 38 heavy (non-hydrogen) atoms. The maximum Gasteiger partial charge on any atom is 0.337 e. The van der Waals surface area contributed by atoms with E-state index in [1.165, 1.54) is 7.11 Å². The molecule has 0 spiro atoms. The van der Waals surface area contributed by atoms with Crippen LogP contribution in [0.15, 0.2) is 42.5 Å². The van der Waals surface area contributed by atoms with Crippen molar-refractivity contribution in [2.45, 2.75) is 77.7 Å². The number of halogens is 1. The number of aromatic nitrogens is 1. The second-order valence-electron chi connectivity index (χ2n) is 11.8. The Hall–Kier alpha value is -2.61. The molecule has 0 saturated heterocycles. The number of benzene rings is 2. The molecule has 1 saturated carbocycles. The molecule has 0 unspecified atom stereocenters. The van der Waals surface area contributed by atoms with E-state index >= 15 is 0 Å². The summed E-state index contributed by atoms with van der Waals surface area (Å²) in [5.74, 6) is -0.182. The predicted molar refractivity (Wildman–Crippen MR) is 156 cm³/mol. The van der Waals surface area contributed by atoms with Gasteiger partial charge in [-0.1, -0.05) is 57.3 Å². The molecule has 8 heteroatoms. The average Bonchev–Trinajstić information content (AvgIpc) is 3.50. The van der Waals surface area contributed by atoms with E-state index in [4.69, 9.17) is 20.8 Å². The van der Waals surface area contributed by atoms with Crippen molar-refractivity contribution in [2.24, 2.45) is 5.92 Å². The molecular formula is C30H39ClN2O4Si. The van der Waals surface area contributed by atoms with Crippen LogP contribution in [0.25, 0.3) is 10.9 Å². The fourth-order valence-corrected chi connectivity index (χ4v) is 5.95. The largest absolute Gasteiger partial charge is 0.465 e. The zero-order valence-corrected chi connectivity index (χ0v) is 25.1. The van der Waals surface area contributed by atoms with Gasteiger partial charge in [0.25, 0.3) is 0 Å². The lowest BCUT2D eigenvalue weighted by atomic mass is 10.1. The first-order valence-corrected chi connectivity index (χ1v) is 16.6. The summed E-state index contributed by atoms with van der Waals surface area (Å²) >= 11 is 7.03. The topological polar surface area (TPSA) is 69.6 Å². The first kappa shape index (κ1) is 28.4. The third-order valence-corrected chi connectivity index (χ3v) is 13.1. The summed E-state index contributed by atoms with van der Waals surface area (Å²) in [4.78, 5) is 24.6. The van der Waals surface area contributed by atoms with Gasteiger partial charge in [0.2, 0.25) is 5.91 Å². The zero-order chi connectivity index (χ0) is 27.7. The van der Waals surface area contributed by atoms with Crippen molar-refractivity contribution in [2.75, 3.05) is 12.4 Å². The van der Waals surface area contributed by atoms with Crippen LogP contribution < -0.4 is 5.32 Å². The number of carbonyl (C=O) groups excluding carboxylic acids is 2. The molecule has 1 amide bonds. The minimum atomic E-state index is -2.03. The Morgan fingerprint density at radius 3 is 2.34 bits per heavy atom. The minimum Gasteiger partial charge on any atom is -0.465 e. The summed E-state index contributed by atoms with van der Waals surface area (Å²) < 4.78 is 13.6. The normalized spacial score (nSPS) is 14.7. The molecule has 1 aliphatic rings. The number of nitrogens with one attached hydrogen (secondary N) is 1. The molecular weight excluding hydrogens is 516 g/mol. The molecule has 0 radical (unpaired) electrons. The maximum absolute atomic E-state index is 12.8. The third kappa shape index (κ3) is 6.00. The second kappa shape index (κ2) is 11.2. The van der Waals surface area contributed by atoms with Crippen molar-refractivity contribution in [1.29, 1.82) is 0 Å². The number of nitrogens with zero attached hydrogens (tertiary/aromatic N) is 1. The van der Waals surface area contributed by atoms with Crippen LogP contribution in [-0.2, 0) is 27.1 Å². The van der Waals surface area contributed by atoms with Crippen molar-refractivity contribution in [3.05, 3.63) is 64.3 Å². The summed E-state index contributed by atoms with van der Waals surface area (Å²) in [5.41, 5.74) is 4.17. The smallest absolute Gasteiger partial charge is 0.337 e. The lowest BCUT2D eigenvalue weighted by molar-refractivity contribution is -0.119. The number of carbonyl (C=O) groups is 2. The Kier molecular flexibility index (Phi) is 8.40. The van der Waals surface area contributed by atoms with Gasteiger partial charge < -0.3 is 19.0 Å². The Labute approximate surface area is 231 Å². The molecule has 204 valence electrons. The standard InChI is InChI=1S/C30H39ClN2O4Si/c1-30(2,3)38(5,6)37-19-26-27(31)24-17-23(32-28(34)21-9-7-8-10-21)15-16-25(24)33(26)18-20-11-13-22(14-12-20)29(35)36-4/h11-17,21H,7-10,18-19H2,1-6H3,(H,32,34). The molecule has 1 aromatic heterocycles. The highest BCUT2D eigenvalue weighted by molar-refractivity contribution is 6.74. The van der Waals surface area contributed by atoms with Gasteiger partial charge in [-0.15, -0.1) is 0 Å². The molecule has 1 aliphatic carbocycles. The number of anilines is 1. The number of methoxy groups -OCH3 is 1. The molecule has 0 atom stereocenters. The Balaban J connectivity index is 1.69. The molecule has 1 N–H and O–H groups in total. The summed E-state index contributed by atoms with van der Waals surface area (Å²) in [6, 6.07) is 13.3. The van der Waals surface area contributed by atoms with E-state index in [0.29, 0.717) is 23.7 Å². The van der Waals surface area contributed by atoms with Crippen LogP contribution in [0.1, 0.15) is 68.1 Å². The Morgan fingerprint density at radius 2 is 1.74 bits per heavy atom. The highest BCUT2D eigenvalue weighted by Crippen LogP contribution is 2.39. The number of rotatable bonds is 8. The first-order valence-electron chi connectivity index (χ1n) is 13.3. The van der Waals surface area contributed by atoms with Gasteiger partial charge in [0.15, 0.2) is 8.32 Å². The monoisotopic (exact) mass is 554 g/mol. The van der Waals surface area contributed by atoms with Crippen molar-refractivity contribution in [3.63, 3.8) is 0 Å². The van der Waals surface area contributed by atoms with Crippen LogP contribution in [0.4, 0.5) is 5.69 Å². The van der Waals surface area contributed by atoms with Crippen molar-refractivity contribution in [3.8, 4) is 0 Å². The van der Waals surface area contributed by atoms with Crippen LogP contribution >= 0.6 is 11.6 Å². The number of fused-ring (bicyclic) bond motifs is 1. The van der Waals surface area contributed by atoms with E-state index in [-0.39, 0.29) is 22.8 Å². The van der Waals surface area contributed by atoms with Gasteiger partial charge in [0.1, 0.15) is 0 Å². The van der Waals surface area contributed by atoms with Gasteiger partial charge in [-0.2, -0.15) is 0 Å². The lowest BCUT2D eigenvalue weighted by Crippen LogP contribution is -2.40. The predicted octanol–water partition coefficient (Wildman–Crippen LogP) is 7.78. The zero-order valence-electron chi connectivity index (χ0n) is 23.3. The quantitative estimate of drug-likeness (QED) is 0.228. The van der Waals surface area contributed by atoms with Gasteiger partial charge in [0.05, 0.1) is 35.5 Å². The van der Waals surface area contributed by atoms with E-state index in [9.17, 15) is 9.59 Å². The second-order valence-corrected chi connectivity index (χ2v) is 17.0. The van der Waals surface area contributed by atoms with Crippen LogP contribution in [0, 0.1) is 5.92 Å². The van der Waals surface area contributed by atoms with Crippen molar-refractivity contribution < 1.29 is 18.8 Å². The average molecular weight is 555 g/mol. The Bertz CT molecular complexity index is 1320. The van der Waals surface area contributed by atoms with Gasteiger partial charge in [-0.3, -0.25) is 4.79 Å². The van der Waals surface area contributed by atoms with E-state index in [1.807, 2.05) is 30.3 Å². The fourth-order valence-electron chi connectivity index (χ4n) is 4.71. The van der Waals surface area contributed by atoms with Crippen molar-refractivity contribution in [1.82, 2.24) is 4.57 Å². The van der Waals surface area contributed by atoms with Crippen molar-refractivity contribution >= 4 is 48.4 Å². The highest BCUT2D eigenvalue weighted by atomic mass is 35.5. The van der Waals surface area contributed by atoms with E-state index in [1.54, 1.807) is 12.1 Å². The summed E-state index contributed by atoms with van der Waals surface area (Å²) in [7, 11) is -0.649. The SMILES string of the molecule is COC(=O)c1ccc(Cn2c(CO[Si](C)(C)C(C)(C)C)c(Cl)c3cc(NC(=O)C4CCCC4)ccc32)cc1.